The van der Waals surface area contributed by atoms with E-state index in [0.717, 1.165) is 42.9 Å². The van der Waals surface area contributed by atoms with E-state index in [0.29, 0.717) is 24.9 Å². The molecule has 0 atom stereocenters. The van der Waals surface area contributed by atoms with E-state index >= 15 is 0 Å². The molecule has 184 valence electrons. The number of benzene rings is 2. The second-order valence-electron chi connectivity index (χ2n) is 10.0. The minimum absolute atomic E-state index is 0.0116. The summed E-state index contributed by atoms with van der Waals surface area (Å²) in [5.74, 6) is 2.00. The number of amides is 1. The zero-order chi connectivity index (χ0) is 24.8. The second-order valence-corrected chi connectivity index (χ2v) is 10.0. The summed E-state index contributed by atoms with van der Waals surface area (Å²) in [7, 11) is 0. The molecule has 1 aliphatic heterocycles. The van der Waals surface area contributed by atoms with E-state index in [1.165, 1.54) is 5.56 Å². The molecule has 7 heteroatoms. The maximum absolute atomic E-state index is 12.7. The largest absolute Gasteiger partial charge is 0.490 e. The van der Waals surface area contributed by atoms with Crippen molar-refractivity contribution in [2.75, 3.05) is 25.0 Å². The molecule has 0 unspecified atom stereocenters. The first-order chi connectivity index (χ1) is 16.8. The molecule has 1 N–H and O–H groups in total. The molecule has 3 aromatic rings. The van der Waals surface area contributed by atoms with Gasteiger partial charge in [-0.05, 0) is 61.2 Å². The van der Waals surface area contributed by atoms with Gasteiger partial charge in [-0.1, -0.05) is 62.8 Å². The van der Waals surface area contributed by atoms with Gasteiger partial charge in [-0.15, -0.1) is 0 Å². The van der Waals surface area contributed by atoms with Crippen LogP contribution in [0.15, 0.2) is 65.7 Å². The fourth-order valence-corrected chi connectivity index (χ4v) is 4.13. The van der Waals surface area contributed by atoms with E-state index < -0.39 is 0 Å². The molecular formula is C28H34N4O3. The van der Waals surface area contributed by atoms with Gasteiger partial charge in [0.05, 0.1) is 6.54 Å². The average molecular weight is 475 g/mol. The van der Waals surface area contributed by atoms with Crippen molar-refractivity contribution in [1.29, 1.82) is 0 Å². The van der Waals surface area contributed by atoms with Gasteiger partial charge in [0.15, 0.2) is 0 Å². The number of rotatable bonds is 8. The summed E-state index contributed by atoms with van der Waals surface area (Å²) in [4.78, 5) is 19.6. The Hall–Kier alpha value is -3.45. The van der Waals surface area contributed by atoms with Crippen LogP contribution in [-0.4, -0.2) is 40.6 Å². The first kappa shape index (κ1) is 24.7. The highest BCUT2D eigenvalue weighted by atomic mass is 16.5. The van der Waals surface area contributed by atoms with E-state index in [1.54, 1.807) is 6.08 Å². The quantitative estimate of drug-likeness (QED) is 0.437. The third-order valence-corrected chi connectivity index (χ3v) is 6.28. The highest BCUT2D eigenvalue weighted by molar-refractivity contribution is 5.92. The van der Waals surface area contributed by atoms with Gasteiger partial charge in [0, 0.05) is 17.2 Å². The minimum Gasteiger partial charge on any atom is -0.490 e. The molecule has 35 heavy (non-hydrogen) atoms. The van der Waals surface area contributed by atoms with E-state index in [-0.39, 0.29) is 17.2 Å². The zero-order valence-corrected chi connectivity index (χ0v) is 20.8. The monoisotopic (exact) mass is 474 g/mol. The number of nitrogens with one attached hydrogen (secondary N) is 1. The predicted molar refractivity (Wildman–Crippen MR) is 137 cm³/mol. The number of likely N-dealkylation sites (tertiary alicyclic amines) is 1. The summed E-state index contributed by atoms with van der Waals surface area (Å²) in [6, 6.07) is 15.7. The van der Waals surface area contributed by atoms with Crippen LogP contribution >= 0.6 is 0 Å². The maximum atomic E-state index is 12.7. The molecule has 0 aliphatic carbocycles. The van der Waals surface area contributed by atoms with Gasteiger partial charge in [0.1, 0.15) is 12.4 Å². The van der Waals surface area contributed by atoms with Gasteiger partial charge in [0.25, 0.3) is 0 Å². The molecule has 0 saturated carbocycles. The lowest BCUT2D eigenvalue weighted by Gasteiger charge is -2.30. The lowest BCUT2D eigenvalue weighted by Crippen LogP contribution is -2.37. The number of nitrogens with zero attached hydrogens (tertiary/aromatic N) is 3. The molecule has 0 bridgehead atoms. The summed E-state index contributed by atoms with van der Waals surface area (Å²) in [6.07, 6.45) is 3.29. The molecule has 2 aromatic carbocycles. The van der Waals surface area contributed by atoms with Gasteiger partial charge >= 0.3 is 0 Å². The van der Waals surface area contributed by atoms with Crippen LogP contribution in [0.2, 0.25) is 0 Å². The van der Waals surface area contributed by atoms with Gasteiger partial charge in [-0.25, -0.2) is 0 Å². The van der Waals surface area contributed by atoms with E-state index in [9.17, 15) is 4.79 Å². The Morgan fingerprint density at radius 1 is 1.14 bits per heavy atom. The third-order valence-electron chi connectivity index (χ3n) is 6.28. The minimum atomic E-state index is -0.0116. The summed E-state index contributed by atoms with van der Waals surface area (Å²) >= 11 is 0. The van der Waals surface area contributed by atoms with Gasteiger partial charge in [-0.2, -0.15) is 4.98 Å². The molecule has 1 saturated heterocycles. The van der Waals surface area contributed by atoms with E-state index in [2.05, 4.69) is 59.8 Å². The van der Waals surface area contributed by atoms with Gasteiger partial charge in [-0.3, -0.25) is 9.69 Å². The van der Waals surface area contributed by atoms with Crippen molar-refractivity contribution in [2.24, 2.45) is 5.92 Å². The Bertz CT molecular complexity index is 1120. The van der Waals surface area contributed by atoms with Crippen LogP contribution in [-0.2, 0) is 16.8 Å². The van der Waals surface area contributed by atoms with Crippen molar-refractivity contribution in [1.82, 2.24) is 15.0 Å². The van der Waals surface area contributed by atoms with Crippen LogP contribution in [0.3, 0.4) is 0 Å². The summed E-state index contributed by atoms with van der Waals surface area (Å²) in [5.41, 5.74) is 3.10. The van der Waals surface area contributed by atoms with Crippen molar-refractivity contribution in [3.63, 3.8) is 0 Å². The maximum Gasteiger partial charge on any atom is 0.241 e. The second kappa shape index (κ2) is 10.9. The number of aromatic nitrogens is 2. The van der Waals surface area contributed by atoms with Crippen LogP contribution in [0.5, 0.6) is 5.75 Å². The van der Waals surface area contributed by atoms with Crippen LogP contribution < -0.4 is 10.1 Å². The number of hydrogen-bond donors (Lipinski definition) is 1. The molecule has 1 amide bonds. The van der Waals surface area contributed by atoms with E-state index in [4.69, 9.17) is 9.26 Å². The SMILES string of the molecule is C=CCOc1ccc(NC(=O)C2CCN(Cc3nc(-c4ccc(C(C)(C)C)cc4)no3)CC2)cc1. The number of piperidine rings is 1. The fraction of sp³-hybridized carbons (Fsp3) is 0.393. The molecule has 4 rings (SSSR count). The normalized spacial score (nSPS) is 15.1. The van der Waals surface area contributed by atoms with Crippen molar-refractivity contribution < 1.29 is 14.1 Å². The van der Waals surface area contributed by atoms with Crippen molar-refractivity contribution in [3.05, 3.63) is 72.6 Å². The first-order valence-corrected chi connectivity index (χ1v) is 12.1. The summed E-state index contributed by atoms with van der Waals surface area (Å²) in [5, 5.41) is 7.19. The van der Waals surface area contributed by atoms with E-state index in [1.807, 2.05) is 36.4 Å². The molecule has 7 nitrogen and oxygen atoms in total. The van der Waals surface area contributed by atoms with Gasteiger partial charge in [0.2, 0.25) is 17.6 Å². The average Bonchev–Trinajstić information content (AvgIpc) is 3.32. The van der Waals surface area contributed by atoms with Crippen LogP contribution in [0.25, 0.3) is 11.4 Å². The standard InChI is InChI=1S/C28H34N4O3/c1-5-18-34-24-12-10-23(11-13-24)29-27(33)21-14-16-32(17-15-21)19-25-30-26(31-35-25)20-6-8-22(9-7-20)28(2,3)4/h5-13,21H,1,14-19H2,2-4H3,(H,29,33). The molecule has 2 heterocycles. The highest BCUT2D eigenvalue weighted by Gasteiger charge is 2.26. The molecule has 1 aliphatic rings. The zero-order valence-electron chi connectivity index (χ0n) is 20.8. The number of hydrogen-bond acceptors (Lipinski definition) is 6. The Morgan fingerprint density at radius 3 is 2.46 bits per heavy atom. The number of carbonyl (C=O) groups is 1. The van der Waals surface area contributed by atoms with Crippen molar-refractivity contribution >= 4 is 11.6 Å². The Kier molecular flexibility index (Phi) is 7.66. The Morgan fingerprint density at radius 2 is 1.83 bits per heavy atom. The van der Waals surface area contributed by atoms with Crippen LogP contribution in [0.1, 0.15) is 45.1 Å². The van der Waals surface area contributed by atoms with Gasteiger partial charge < -0.3 is 14.6 Å². The molecule has 1 aromatic heterocycles. The van der Waals surface area contributed by atoms with Crippen LogP contribution in [0, 0.1) is 5.92 Å². The van der Waals surface area contributed by atoms with Crippen LogP contribution in [0.4, 0.5) is 5.69 Å². The first-order valence-electron chi connectivity index (χ1n) is 12.1. The van der Waals surface area contributed by atoms with Crippen molar-refractivity contribution in [2.45, 2.75) is 45.6 Å². The number of anilines is 1. The fourth-order valence-electron chi connectivity index (χ4n) is 4.13. The summed E-state index contributed by atoms with van der Waals surface area (Å²) < 4.78 is 11.0. The van der Waals surface area contributed by atoms with Crippen molar-refractivity contribution in [3.8, 4) is 17.1 Å². The topological polar surface area (TPSA) is 80.5 Å². The molecule has 0 radical (unpaired) electrons. The third kappa shape index (κ3) is 6.57. The molecular weight excluding hydrogens is 440 g/mol. The highest BCUT2D eigenvalue weighted by Crippen LogP contribution is 2.26. The number of ether oxygens (including phenoxy) is 1. The Labute approximate surface area is 207 Å². The summed E-state index contributed by atoms with van der Waals surface area (Å²) in [6.45, 7) is 12.9. The lowest BCUT2D eigenvalue weighted by molar-refractivity contribution is -0.121. The lowest BCUT2D eigenvalue weighted by atomic mass is 9.87. The smallest absolute Gasteiger partial charge is 0.241 e. The molecule has 0 spiro atoms. The number of carbonyl (C=O) groups excluding carboxylic acids is 1. The predicted octanol–water partition coefficient (Wildman–Crippen LogP) is 5.45. The molecule has 1 fully saturated rings. The Balaban J connectivity index is 1.25.